The molecule has 2 aromatic rings. The molecule has 1 N–H and O–H groups in total. The summed E-state index contributed by atoms with van der Waals surface area (Å²) in [6.45, 7) is 2.19. The van der Waals surface area contributed by atoms with Crippen LogP contribution in [0, 0.1) is 0 Å². The van der Waals surface area contributed by atoms with Crippen molar-refractivity contribution in [1.82, 2.24) is 4.90 Å². The van der Waals surface area contributed by atoms with Gasteiger partial charge in [-0.2, -0.15) is 0 Å². The lowest BCUT2D eigenvalue weighted by Gasteiger charge is -2.32. The molecule has 4 rings (SSSR count). The molecule has 5 nitrogen and oxygen atoms in total. The van der Waals surface area contributed by atoms with E-state index >= 15 is 0 Å². The molecule has 2 aliphatic rings. The summed E-state index contributed by atoms with van der Waals surface area (Å²) in [5.74, 6) is 0.874. The summed E-state index contributed by atoms with van der Waals surface area (Å²) in [7, 11) is 0. The van der Waals surface area contributed by atoms with E-state index in [1.807, 2.05) is 47.4 Å². The van der Waals surface area contributed by atoms with Crippen LogP contribution in [-0.4, -0.2) is 41.5 Å². The Kier molecular flexibility index (Phi) is 4.84. The fourth-order valence-corrected chi connectivity index (χ4v) is 4.08. The van der Waals surface area contributed by atoms with E-state index in [4.69, 9.17) is 0 Å². The first-order valence-electron chi connectivity index (χ1n) is 9.60. The van der Waals surface area contributed by atoms with Crippen LogP contribution < -0.4 is 4.90 Å². The minimum atomic E-state index is 0.0451. The molecule has 2 amide bonds. The van der Waals surface area contributed by atoms with Gasteiger partial charge in [-0.15, -0.1) is 0 Å². The van der Waals surface area contributed by atoms with Crippen molar-refractivity contribution < 1.29 is 14.7 Å². The van der Waals surface area contributed by atoms with E-state index < -0.39 is 0 Å². The molecule has 27 heavy (non-hydrogen) atoms. The number of aromatic hydroxyl groups is 1. The van der Waals surface area contributed by atoms with Crippen LogP contribution in [-0.2, 0) is 4.79 Å². The number of phenolic OH excluding ortho intramolecular Hbond substituents is 1. The van der Waals surface area contributed by atoms with Crippen LogP contribution in [0.2, 0.25) is 0 Å². The smallest absolute Gasteiger partial charge is 0.253 e. The number of carbonyl (C=O) groups excluding carboxylic acids is 2. The number of nitrogens with zero attached hydrogens (tertiary/aromatic N) is 2. The number of piperidine rings is 1. The third-order valence-corrected chi connectivity index (χ3v) is 5.62. The first-order chi connectivity index (χ1) is 13.1. The lowest BCUT2D eigenvalue weighted by atomic mass is 9.89. The lowest BCUT2D eigenvalue weighted by Crippen LogP contribution is -2.37. The average Bonchev–Trinajstić information content (AvgIpc) is 3.14. The average molecular weight is 364 g/mol. The van der Waals surface area contributed by atoms with Crippen molar-refractivity contribution >= 4 is 17.5 Å². The second-order valence-electron chi connectivity index (χ2n) is 7.36. The molecular formula is C22H24N2O3. The zero-order valence-electron chi connectivity index (χ0n) is 15.3. The number of benzene rings is 2. The van der Waals surface area contributed by atoms with Crippen LogP contribution in [0.4, 0.5) is 5.69 Å². The molecule has 0 aromatic heterocycles. The zero-order chi connectivity index (χ0) is 18.8. The Hall–Kier alpha value is -2.82. The van der Waals surface area contributed by atoms with Gasteiger partial charge in [-0.1, -0.05) is 12.1 Å². The quantitative estimate of drug-likeness (QED) is 0.906. The molecule has 0 spiro atoms. The molecule has 2 heterocycles. The summed E-state index contributed by atoms with van der Waals surface area (Å²) < 4.78 is 0. The SMILES string of the molecule is O=C(c1ccc(N2CCCC2=O)cc1)N1CCC(c2cccc(O)c2)CC1. The van der Waals surface area contributed by atoms with E-state index in [2.05, 4.69) is 0 Å². The molecule has 2 aromatic carbocycles. The number of anilines is 1. The normalized spacial score (nSPS) is 18.1. The van der Waals surface area contributed by atoms with E-state index in [0.717, 1.165) is 37.1 Å². The Morgan fingerprint density at radius 1 is 1.00 bits per heavy atom. The standard InChI is InChI=1S/C22H24N2O3/c25-20-4-1-3-18(15-20)16-10-13-23(14-11-16)22(27)17-6-8-19(9-7-17)24-12-2-5-21(24)26/h1,3-4,6-9,15-16,25H,2,5,10-14H2. The zero-order valence-corrected chi connectivity index (χ0v) is 15.3. The number of hydrogen-bond donors (Lipinski definition) is 1. The molecule has 2 aliphatic heterocycles. The number of likely N-dealkylation sites (tertiary alicyclic amines) is 1. The van der Waals surface area contributed by atoms with E-state index in [1.165, 1.54) is 0 Å². The Morgan fingerprint density at radius 2 is 1.74 bits per heavy atom. The second kappa shape index (κ2) is 7.43. The van der Waals surface area contributed by atoms with Gasteiger partial charge in [0.05, 0.1) is 0 Å². The molecule has 0 bridgehead atoms. The number of rotatable bonds is 3. The molecule has 0 saturated carbocycles. The van der Waals surface area contributed by atoms with Crippen LogP contribution >= 0.6 is 0 Å². The van der Waals surface area contributed by atoms with Crippen LogP contribution in [0.3, 0.4) is 0 Å². The van der Waals surface area contributed by atoms with Gasteiger partial charge in [-0.05, 0) is 67.1 Å². The first kappa shape index (κ1) is 17.6. The first-order valence-corrected chi connectivity index (χ1v) is 9.60. The summed E-state index contributed by atoms with van der Waals surface area (Å²) in [4.78, 5) is 28.3. The van der Waals surface area contributed by atoms with Gasteiger partial charge in [0.25, 0.3) is 5.91 Å². The van der Waals surface area contributed by atoms with E-state index in [0.29, 0.717) is 36.7 Å². The van der Waals surface area contributed by atoms with Crippen molar-refractivity contribution in [1.29, 1.82) is 0 Å². The third kappa shape index (κ3) is 3.68. The molecule has 0 radical (unpaired) electrons. The summed E-state index contributed by atoms with van der Waals surface area (Å²) >= 11 is 0. The maximum Gasteiger partial charge on any atom is 0.253 e. The number of hydrogen-bond acceptors (Lipinski definition) is 3. The van der Waals surface area contributed by atoms with Crippen molar-refractivity contribution in [2.24, 2.45) is 0 Å². The van der Waals surface area contributed by atoms with Gasteiger partial charge in [0.15, 0.2) is 0 Å². The molecule has 0 atom stereocenters. The van der Waals surface area contributed by atoms with Gasteiger partial charge < -0.3 is 14.9 Å². The monoisotopic (exact) mass is 364 g/mol. The molecular weight excluding hydrogens is 340 g/mol. The Balaban J connectivity index is 1.38. The van der Waals surface area contributed by atoms with Crippen molar-refractivity contribution in [2.75, 3.05) is 24.5 Å². The molecule has 140 valence electrons. The maximum absolute atomic E-state index is 12.8. The van der Waals surface area contributed by atoms with Gasteiger partial charge >= 0.3 is 0 Å². The highest BCUT2D eigenvalue weighted by atomic mass is 16.3. The summed E-state index contributed by atoms with van der Waals surface area (Å²) in [5, 5.41) is 9.66. The predicted molar refractivity (Wildman–Crippen MR) is 104 cm³/mol. The lowest BCUT2D eigenvalue weighted by molar-refractivity contribution is -0.117. The largest absolute Gasteiger partial charge is 0.508 e. The van der Waals surface area contributed by atoms with Gasteiger partial charge in [0.2, 0.25) is 5.91 Å². The Labute approximate surface area is 159 Å². The highest BCUT2D eigenvalue weighted by Crippen LogP contribution is 2.30. The fourth-order valence-electron chi connectivity index (χ4n) is 4.08. The third-order valence-electron chi connectivity index (χ3n) is 5.62. The predicted octanol–water partition coefficient (Wildman–Crippen LogP) is 3.54. The van der Waals surface area contributed by atoms with Crippen LogP contribution in [0.15, 0.2) is 48.5 Å². The number of amides is 2. The van der Waals surface area contributed by atoms with Crippen LogP contribution in [0.25, 0.3) is 0 Å². The number of phenols is 1. The number of carbonyl (C=O) groups is 2. The van der Waals surface area contributed by atoms with E-state index in [1.54, 1.807) is 11.0 Å². The van der Waals surface area contributed by atoms with Gasteiger partial charge in [0, 0.05) is 37.3 Å². The fraction of sp³-hybridized carbons (Fsp3) is 0.364. The molecule has 2 saturated heterocycles. The van der Waals surface area contributed by atoms with Crippen LogP contribution in [0.1, 0.15) is 47.5 Å². The molecule has 2 fully saturated rings. The van der Waals surface area contributed by atoms with Gasteiger partial charge in [-0.3, -0.25) is 9.59 Å². The van der Waals surface area contributed by atoms with Gasteiger partial charge in [0.1, 0.15) is 5.75 Å². The highest BCUT2D eigenvalue weighted by molar-refractivity contribution is 5.97. The molecule has 0 aliphatic carbocycles. The summed E-state index contributed by atoms with van der Waals surface area (Å²) in [6.07, 6.45) is 3.30. The minimum absolute atomic E-state index is 0.0451. The summed E-state index contributed by atoms with van der Waals surface area (Å²) in [6, 6.07) is 14.8. The van der Waals surface area contributed by atoms with Gasteiger partial charge in [-0.25, -0.2) is 0 Å². The summed E-state index contributed by atoms with van der Waals surface area (Å²) in [5.41, 5.74) is 2.68. The Morgan fingerprint density at radius 3 is 2.37 bits per heavy atom. The van der Waals surface area contributed by atoms with Crippen LogP contribution in [0.5, 0.6) is 5.75 Å². The molecule has 5 heteroatoms. The maximum atomic E-state index is 12.8. The van der Waals surface area contributed by atoms with Crippen molar-refractivity contribution in [3.8, 4) is 5.75 Å². The van der Waals surface area contributed by atoms with E-state index in [9.17, 15) is 14.7 Å². The van der Waals surface area contributed by atoms with Crippen molar-refractivity contribution in [2.45, 2.75) is 31.6 Å². The Bertz CT molecular complexity index is 839. The van der Waals surface area contributed by atoms with Crippen molar-refractivity contribution in [3.63, 3.8) is 0 Å². The molecule has 0 unspecified atom stereocenters. The second-order valence-corrected chi connectivity index (χ2v) is 7.36. The minimum Gasteiger partial charge on any atom is -0.508 e. The highest BCUT2D eigenvalue weighted by Gasteiger charge is 2.26. The van der Waals surface area contributed by atoms with Crippen molar-refractivity contribution in [3.05, 3.63) is 59.7 Å². The van der Waals surface area contributed by atoms with E-state index in [-0.39, 0.29) is 11.8 Å². The topological polar surface area (TPSA) is 60.9 Å².